The third kappa shape index (κ3) is 4.86. The molecule has 27 heavy (non-hydrogen) atoms. The van der Waals surface area contributed by atoms with Gasteiger partial charge in [0.2, 0.25) is 0 Å². The van der Waals surface area contributed by atoms with Gasteiger partial charge in [-0.2, -0.15) is 0 Å². The molecule has 0 aliphatic heterocycles. The molecule has 0 spiro atoms. The molecule has 3 rings (SSSR count). The second-order valence-corrected chi connectivity index (χ2v) is 6.57. The standard InChI is InChI=1S/C21H24O6/c1-25-16-9-7-14(8-10-16)13-26-17-11-12-18(20(23)19(17)22)27-21(24)15-5-3-2-4-6-15/h2-10,17-20,22-23H,11-13H2,1H3/t17-,18-,19+,20-/m1/s1. The summed E-state index contributed by atoms with van der Waals surface area (Å²) in [6.45, 7) is 0.312. The normalized spacial score (nSPS) is 25.0. The summed E-state index contributed by atoms with van der Waals surface area (Å²) in [5.74, 6) is 0.249. The molecule has 4 atom stereocenters. The summed E-state index contributed by atoms with van der Waals surface area (Å²) < 4.78 is 16.3. The number of esters is 1. The van der Waals surface area contributed by atoms with Gasteiger partial charge >= 0.3 is 5.97 Å². The van der Waals surface area contributed by atoms with E-state index in [0.29, 0.717) is 25.0 Å². The Bertz CT molecular complexity index is 730. The van der Waals surface area contributed by atoms with Gasteiger partial charge < -0.3 is 24.4 Å². The van der Waals surface area contributed by atoms with E-state index in [2.05, 4.69) is 0 Å². The first-order chi connectivity index (χ1) is 13.1. The lowest BCUT2D eigenvalue weighted by atomic mass is 9.89. The van der Waals surface area contributed by atoms with E-state index in [9.17, 15) is 15.0 Å². The van der Waals surface area contributed by atoms with E-state index in [1.54, 1.807) is 37.4 Å². The largest absolute Gasteiger partial charge is 0.497 e. The molecule has 1 aliphatic carbocycles. The van der Waals surface area contributed by atoms with Gasteiger partial charge in [0.25, 0.3) is 0 Å². The van der Waals surface area contributed by atoms with Gasteiger partial charge in [0.05, 0.1) is 25.4 Å². The minimum absolute atomic E-state index is 0.312. The average Bonchev–Trinajstić information content (AvgIpc) is 2.72. The minimum Gasteiger partial charge on any atom is -0.497 e. The first-order valence-electron chi connectivity index (χ1n) is 8.95. The molecule has 6 nitrogen and oxygen atoms in total. The highest BCUT2D eigenvalue weighted by Crippen LogP contribution is 2.26. The fraction of sp³-hybridized carbons (Fsp3) is 0.381. The zero-order valence-electron chi connectivity index (χ0n) is 15.2. The summed E-state index contributed by atoms with van der Waals surface area (Å²) >= 11 is 0. The highest BCUT2D eigenvalue weighted by Gasteiger charge is 2.40. The van der Waals surface area contributed by atoms with Crippen molar-refractivity contribution in [1.29, 1.82) is 0 Å². The SMILES string of the molecule is COc1ccc(CO[C@@H]2CC[C@@H](OC(=O)c3ccccc3)[C@@H](O)[C@H]2O)cc1. The van der Waals surface area contributed by atoms with Crippen molar-refractivity contribution >= 4 is 5.97 Å². The molecule has 144 valence electrons. The van der Waals surface area contributed by atoms with Crippen molar-refractivity contribution in [3.8, 4) is 5.75 Å². The third-order valence-corrected chi connectivity index (χ3v) is 4.74. The molecule has 2 aromatic rings. The zero-order valence-corrected chi connectivity index (χ0v) is 15.2. The number of aliphatic hydroxyl groups excluding tert-OH is 2. The smallest absolute Gasteiger partial charge is 0.338 e. The van der Waals surface area contributed by atoms with Crippen LogP contribution in [-0.4, -0.2) is 47.7 Å². The first-order valence-corrected chi connectivity index (χ1v) is 8.95. The number of hydrogen-bond acceptors (Lipinski definition) is 6. The Kier molecular flexibility index (Phi) is 6.45. The number of methoxy groups -OCH3 is 1. The molecule has 0 heterocycles. The number of ether oxygens (including phenoxy) is 3. The Labute approximate surface area is 158 Å². The van der Waals surface area contributed by atoms with Crippen LogP contribution in [0.3, 0.4) is 0 Å². The Balaban J connectivity index is 1.52. The molecule has 0 aromatic heterocycles. The summed E-state index contributed by atoms with van der Waals surface area (Å²) in [6, 6.07) is 16.0. The summed E-state index contributed by atoms with van der Waals surface area (Å²) in [6.07, 6.45) is -2.68. The molecule has 1 saturated carbocycles. The van der Waals surface area contributed by atoms with E-state index in [4.69, 9.17) is 14.2 Å². The van der Waals surface area contributed by atoms with Crippen LogP contribution in [0.5, 0.6) is 5.75 Å². The highest BCUT2D eigenvalue weighted by molar-refractivity contribution is 5.89. The quantitative estimate of drug-likeness (QED) is 0.757. The van der Waals surface area contributed by atoms with Crippen LogP contribution < -0.4 is 4.74 Å². The maximum atomic E-state index is 12.2. The second kappa shape index (κ2) is 8.99. The number of aliphatic hydroxyl groups is 2. The van der Waals surface area contributed by atoms with E-state index in [0.717, 1.165) is 11.3 Å². The number of rotatable bonds is 6. The van der Waals surface area contributed by atoms with E-state index < -0.39 is 30.4 Å². The van der Waals surface area contributed by atoms with Crippen molar-refractivity contribution in [2.75, 3.05) is 7.11 Å². The lowest BCUT2D eigenvalue weighted by molar-refractivity contribution is -0.158. The molecule has 2 aromatic carbocycles. The molecule has 1 aliphatic rings. The predicted molar refractivity (Wildman–Crippen MR) is 98.5 cm³/mol. The van der Waals surface area contributed by atoms with E-state index in [-0.39, 0.29) is 0 Å². The molecule has 0 radical (unpaired) electrons. The molecule has 0 unspecified atom stereocenters. The Morgan fingerprint density at radius 2 is 1.59 bits per heavy atom. The molecule has 0 saturated heterocycles. The maximum Gasteiger partial charge on any atom is 0.338 e. The van der Waals surface area contributed by atoms with Gasteiger partial charge in [0.1, 0.15) is 24.1 Å². The Hall–Kier alpha value is -2.41. The van der Waals surface area contributed by atoms with E-state index in [1.807, 2.05) is 24.3 Å². The number of benzene rings is 2. The fourth-order valence-electron chi connectivity index (χ4n) is 3.13. The van der Waals surface area contributed by atoms with Crippen LogP contribution in [0.25, 0.3) is 0 Å². The van der Waals surface area contributed by atoms with Gasteiger partial charge in [-0.1, -0.05) is 30.3 Å². The van der Waals surface area contributed by atoms with Crippen molar-refractivity contribution in [2.24, 2.45) is 0 Å². The van der Waals surface area contributed by atoms with E-state index in [1.165, 1.54) is 0 Å². The van der Waals surface area contributed by atoms with Crippen LogP contribution in [0.2, 0.25) is 0 Å². The molecule has 6 heteroatoms. The van der Waals surface area contributed by atoms with Crippen molar-refractivity contribution in [1.82, 2.24) is 0 Å². The van der Waals surface area contributed by atoms with Gasteiger partial charge in [-0.15, -0.1) is 0 Å². The monoisotopic (exact) mass is 372 g/mol. The summed E-state index contributed by atoms with van der Waals surface area (Å²) in [5, 5.41) is 20.7. The molecule has 2 N–H and O–H groups in total. The molecular weight excluding hydrogens is 348 g/mol. The minimum atomic E-state index is -1.19. The van der Waals surface area contributed by atoms with Crippen molar-refractivity contribution in [2.45, 2.75) is 43.9 Å². The molecular formula is C21H24O6. The second-order valence-electron chi connectivity index (χ2n) is 6.57. The predicted octanol–water partition coefficient (Wildman–Crippen LogP) is 2.32. The number of hydrogen-bond donors (Lipinski definition) is 2. The van der Waals surface area contributed by atoms with Gasteiger partial charge in [-0.25, -0.2) is 4.79 Å². The van der Waals surface area contributed by atoms with Crippen LogP contribution in [0.15, 0.2) is 54.6 Å². The van der Waals surface area contributed by atoms with Gasteiger partial charge in [-0.05, 0) is 42.7 Å². The fourth-order valence-corrected chi connectivity index (χ4v) is 3.13. The Morgan fingerprint density at radius 3 is 2.26 bits per heavy atom. The highest BCUT2D eigenvalue weighted by atomic mass is 16.6. The molecule has 0 bridgehead atoms. The summed E-state index contributed by atoms with van der Waals surface area (Å²) in [5.41, 5.74) is 1.35. The maximum absolute atomic E-state index is 12.2. The number of carbonyl (C=O) groups excluding carboxylic acids is 1. The van der Waals surface area contributed by atoms with Crippen molar-refractivity contribution in [3.05, 3.63) is 65.7 Å². The van der Waals surface area contributed by atoms with Gasteiger partial charge in [0, 0.05) is 0 Å². The van der Waals surface area contributed by atoms with Crippen LogP contribution in [0, 0.1) is 0 Å². The van der Waals surface area contributed by atoms with Crippen molar-refractivity contribution < 1.29 is 29.2 Å². The summed E-state index contributed by atoms with van der Waals surface area (Å²) in [7, 11) is 1.60. The Morgan fingerprint density at radius 1 is 0.963 bits per heavy atom. The topological polar surface area (TPSA) is 85.2 Å². The van der Waals surface area contributed by atoms with Crippen LogP contribution in [0.4, 0.5) is 0 Å². The molecule has 1 fully saturated rings. The third-order valence-electron chi connectivity index (χ3n) is 4.74. The van der Waals surface area contributed by atoms with Gasteiger partial charge in [-0.3, -0.25) is 0 Å². The molecule has 0 amide bonds. The van der Waals surface area contributed by atoms with Crippen LogP contribution in [-0.2, 0) is 16.1 Å². The lowest BCUT2D eigenvalue weighted by Gasteiger charge is -2.36. The first kappa shape index (κ1) is 19.4. The van der Waals surface area contributed by atoms with Crippen LogP contribution >= 0.6 is 0 Å². The lowest BCUT2D eigenvalue weighted by Crippen LogP contribution is -2.51. The van der Waals surface area contributed by atoms with Crippen LogP contribution in [0.1, 0.15) is 28.8 Å². The zero-order chi connectivity index (χ0) is 19.2. The number of carbonyl (C=O) groups is 1. The summed E-state index contributed by atoms with van der Waals surface area (Å²) in [4.78, 5) is 12.2. The average molecular weight is 372 g/mol. The van der Waals surface area contributed by atoms with Gasteiger partial charge in [0.15, 0.2) is 0 Å². The van der Waals surface area contributed by atoms with E-state index >= 15 is 0 Å². The van der Waals surface area contributed by atoms with Crippen molar-refractivity contribution in [3.63, 3.8) is 0 Å².